The van der Waals surface area contributed by atoms with E-state index in [1.54, 1.807) is 24.5 Å². The Balaban J connectivity index is 1.89. The zero-order valence-corrected chi connectivity index (χ0v) is 12.7. The maximum Gasteiger partial charge on any atom is 0.161 e. The smallest absolute Gasteiger partial charge is 0.161 e. The van der Waals surface area contributed by atoms with Crippen molar-refractivity contribution >= 4 is 5.82 Å². The van der Waals surface area contributed by atoms with Crippen molar-refractivity contribution in [1.82, 2.24) is 4.98 Å². The molecule has 0 fully saturated rings. The molecule has 118 valence electrons. The van der Waals surface area contributed by atoms with Gasteiger partial charge in [-0.3, -0.25) is 0 Å². The van der Waals surface area contributed by atoms with Crippen LogP contribution in [-0.4, -0.2) is 18.2 Å². The highest BCUT2D eigenvalue weighted by molar-refractivity contribution is 5.80. The van der Waals surface area contributed by atoms with E-state index in [1.807, 2.05) is 18.2 Å². The van der Waals surface area contributed by atoms with Crippen LogP contribution in [0.3, 0.4) is 0 Å². The lowest BCUT2D eigenvalue weighted by atomic mass is 9.99. The number of nitrogens with zero attached hydrogens (tertiary/aromatic N) is 2. The molecular weight excluding hydrogens is 306 g/mol. The van der Waals surface area contributed by atoms with Crippen LogP contribution in [0.15, 0.2) is 47.1 Å². The number of anilines is 1. The molecule has 0 aliphatic carbocycles. The van der Waals surface area contributed by atoms with Gasteiger partial charge >= 0.3 is 0 Å². The largest absolute Gasteiger partial charge is 0.486 e. The summed E-state index contributed by atoms with van der Waals surface area (Å²) in [6, 6.07) is 13.0. The lowest BCUT2D eigenvalue weighted by molar-refractivity contribution is 0.171. The van der Waals surface area contributed by atoms with Crippen molar-refractivity contribution in [3.8, 4) is 40.1 Å². The fraction of sp³-hybridized carbons (Fsp3) is 0.111. The van der Waals surface area contributed by atoms with Gasteiger partial charge in [-0.25, -0.2) is 4.98 Å². The summed E-state index contributed by atoms with van der Waals surface area (Å²) in [6.07, 6.45) is 1.56. The van der Waals surface area contributed by atoms with Crippen LogP contribution in [0.25, 0.3) is 22.6 Å². The summed E-state index contributed by atoms with van der Waals surface area (Å²) in [6.45, 7) is 1.03. The number of pyridine rings is 1. The summed E-state index contributed by atoms with van der Waals surface area (Å²) in [5.74, 6) is 2.09. The van der Waals surface area contributed by atoms with Crippen LogP contribution in [0, 0.1) is 11.3 Å². The number of aromatic nitrogens is 1. The molecule has 1 aromatic carbocycles. The molecule has 24 heavy (non-hydrogen) atoms. The highest BCUT2D eigenvalue weighted by Crippen LogP contribution is 2.37. The first-order chi connectivity index (χ1) is 11.8. The quantitative estimate of drug-likeness (QED) is 0.779. The van der Waals surface area contributed by atoms with Crippen LogP contribution in [0.4, 0.5) is 5.82 Å². The Morgan fingerprint density at radius 2 is 1.92 bits per heavy atom. The van der Waals surface area contributed by atoms with Gasteiger partial charge in [0.25, 0.3) is 0 Å². The Bertz CT molecular complexity index is 943. The Labute approximate surface area is 138 Å². The maximum absolute atomic E-state index is 9.47. The lowest BCUT2D eigenvalue weighted by Crippen LogP contribution is -2.15. The number of ether oxygens (including phenoxy) is 2. The van der Waals surface area contributed by atoms with Crippen molar-refractivity contribution in [2.75, 3.05) is 18.9 Å². The Hall–Kier alpha value is -3.46. The van der Waals surface area contributed by atoms with Crippen LogP contribution in [0.5, 0.6) is 11.5 Å². The molecule has 3 aromatic rings. The molecule has 0 saturated carbocycles. The van der Waals surface area contributed by atoms with E-state index in [0.717, 1.165) is 5.56 Å². The highest BCUT2D eigenvalue weighted by Gasteiger charge is 2.18. The van der Waals surface area contributed by atoms with Gasteiger partial charge in [-0.15, -0.1) is 0 Å². The molecular formula is C18H13N3O3. The summed E-state index contributed by atoms with van der Waals surface area (Å²) in [7, 11) is 0. The van der Waals surface area contributed by atoms with Gasteiger partial charge in [0.15, 0.2) is 17.3 Å². The molecule has 0 bridgehead atoms. The van der Waals surface area contributed by atoms with Crippen molar-refractivity contribution in [1.29, 1.82) is 5.26 Å². The van der Waals surface area contributed by atoms with Crippen molar-refractivity contribution < 1.29 is 13.9 Å². The zero-order valence-electron chi connectivity index (χ0n) is 12.7. The van der Waals surface area contributed by atoms with Gasteiger partial charge in [-0.05, 0) is 35.9 Å². The topological polar surface area (TPSA) is 94.3 Å². The van der Waals surface area contributed by atoms with Crippen LogP contribution < -0.4 is 15.2 Å². The fourth-order valence-electron chi connectivity index (χ4n) is 2.67. The van der Waals surface area contributed by atoms with E-state index in [2.05, 4.69) is 11.1 Å². The second-order valence-electron chi connectivity index (χ2n) is 5.26. The number of nitrogen functional groups attached to an aromatic ring is 1. The molecule has 6 nitrogen and oxygen atoms in total. The molecule has 0 amide bonds. The van der Waals surface area contributed by atoms with Crippen molar-refractivity contribution in [2.24, 2.45) is 0 Å². The number of furan rings is 1. The molecule has 0 saturated heterocycles. The van der Waals surface area contributed by atoms with Gasteiger partial charge < -0.3 is 19.6 Å². The summed E-state index contributed by atoms with van der Waals surface area (Å²) in [5, 5.41) is 9.47. The van der Waals surface area contributed by atoms with Crippen molar-refractivity contribution in [3.63, 3.8) is 0 Å². The van der Waals surface area contributed by atoms with Gasteiger partial charge in [0.05, 0.1) is 6.26 Å². The number of hydrogen-bond acceptors (Lipinski definition) is 6. The third kappa shape index (κ3) is 2.32. The molecule has 0 unspecified atom stereocenters. The summed E-state index contributed by atoms with van der Waals surface area (Å²) >= 11 is 0. The van der Waals surface area contributed by atoms with Crippen LogP contribution in [0.1, 0.15) is 5.56 Å². The van der Waals surface area contributed by atoms with Crippen LogP contribution >= 0.6 is 0 Å². The van der Waals surface area contributed by atoms with E-state index >= 15 is 0 Å². The average molecular weight is 319 g/mol. The zero-order chi connectivity index (χ0) is 16.5. The standard InChI is InChI=1S/C18H13N3O3/c19-10-13-12(9-14(21-18(13)20)15-2-1-5-22-15)11-3-4-16-17(8-11)24-7-6-23-16/h1-5,8-9H,6-7H2,(H2,20,21). The number of hydrogen-bond donors (Lipinski definition) is 1. The van der Waals surface area contributed by atoms with Gasteiger partial charge in [0.1, 0.15) is 36.4 Å². The van der Waals surface area contributed by atoms with Gasteiger partial charge in [-0.2, -0.15) is 5.26 Å². The van der Waals surface area contributed by atoms with E-state index in [0.29, 0.717) is 47.3 Å². The molecule has 0 atom stereocenters. The Kier molecular flexibility index (Phi) is 3.32. The van der Waals surface area contributed by atoms with E-state index in [-0.39, 0.29) is 5.82 Å². The average Bonchev–Trinajstić information content (AvgIpc) is 3.15. The molecule has 6 heteroatoms. The van der Waals surface area contributed by atoms with Gasteiger partial charge in [0.2, 0.25) is 0 Å². The third-order valence-electron chi connectivity index (χ3n) is 3.79. The second-order valence-corrected chi connectivity index (χ2v) is 5.26. The van der Waals surface area contributed by atoms with E-state index in [9.17, 15) is 5.26 Å². The SMILES string of the molecule is N#Cc1c(-c2ccc3c(c2)OCCO3)cc(-c2ccco2)nc1N. The predicted octanol–water partition coefficient (Wildman–Crippen LogP) is 3.23. The minimum Gasteiger partial charge on any atom is -0.486 e. The molecule has 1 aliphatic rings. The van der Waals surface area contributed by atoms with E-state index in [4.69, 9.17) is 19.6 Å². The molecule has 0 spiro atoms. The number of fused-ring (bicyclic) bond motifs is 1. The van der Waals surface area contributed by atoms with E-state index < -0.39 is 0 Å². The first-order valence-electron chi connectivity index (χ1n) is 7.41. The van der Waals surface area contributed by atoms with Crippen LogP contribution in [-0.2, 0) is 0 Å². The van der Waals surface area contributed by atoms with Gasteiger partial charge in [-0.1, -0.05) is 6.07 Å². The fourth-order valence-corrected chi connectivity index (χ4v) is 2.67. The summed E-state index contributed by atoms with van der Waals surface area (Å²) in [4.78, 5) is 4.27. The highest BCUT2D eigenvalue weighted by atomic mass is 16.6. The van der Waals surface area contributed by atoms with Crippen molar-refractivity contribution in [2.45, 2.75) is 0 Å². The summed E-state index contributed by atoms with van der Waals surface area (Å²) in [5.41, 5.74) is 8.35. The lowest BCUT2D eigenvalue weighted by Gasteiger charge is -2.19. The molecule has 4 rings (SSSR count). The normalized spacial score (nSPS) is 12.6. The minimum absolute atomic E-state index is 0.163. The maximum atomic E-state index is 9.47. The molecule has 2 N–H and O–H groups in total. The predicted molar refractivity (Wildman–Crippen MR) is 87.5 cm³/mol. The van der Waals surface area contributed by atoms with Gasteiger partial charge in [0, 0.05) is 5.56 Å². The molecule has 1 aliphatic heterocycles. The number of rotatable bonds is 2. The molecule has 3 heterocycles. The first-order valence-corrected chi connectivity index (χ1v) is 7.41. The number of benzene rings is 1. The number of nitrogens with two attached hydrogens (primary N) is 1. The molecule has 0 radical (unpaired) electrons. The van der Waals surface area contributed by atoms with Crippen LogP contribution in [0.2, 0.25) is 0 Å². The Morgan fingerprint density at radius 3 is 2.67 bits per heavy atom. The minimum atomic E-state index is 0.163. The summed E-state index contributed by atoms with van der Waals surface area (Å²) < 4.78 is 16.5. The van der Waals surface area contributed by atoms with E-state index in [1.165, 1.54) is 0 Å². The monoisotopic (exact) mass is 319 g/mol. The second kappa shape index (κ2) is 5.63. The third-order valence-corrected chi connectivity index (χ3v) is 3.79. The van der Waals surface area contributed by atoms with Crippen molar-refractivity contribution in [3.05, 3.63) is 48.2 Å². The first kappa shape index (κ1) is 14.2. The molecule has 2 aromatic heterocycles. The number of nitriles is 1. The Morgan fingerprint density at radius 1 is 1.08 bits per heavy atom.